The standard InChI is InChI=1S/C16H22Cl2N2O4S/c1-4-24-16(21)20-7-5-12(6-8-20)19-25(22,23)15-11(3)13(17)9-10(2)14(15)18/h9,12,19H,4-8H2,1-3H3. The van der Waals surface area contributed by atoms with Crippen LogP contribution in [0.1, 0.15) is 30.9 Å². The zero-order valence-electron chi connectivity index (χ0n) is 14.4. The highest BCUT2D eigenvalue weighted by Gasteiger charge is 2.30. The van der Waals surface area contributed by atoms with Gasteiger partial charge in [0.05, 0.1) is 11.6 Å². The Hall–Kier alpha value is -1.02. The van der Waals surface area contributed by atoms with Crippen molar-refractivity contribution in [3.8, 4) is 0 Å². The van der Waals surface area contributed by atoms with E-state index in [4.69, 9.17) is 27.9 Å². The Kier molecular flexibility index (Phi) is 6.59. The Morgan fingerprint density at radius 3 is 2.48 bits per heavy atom. The molecule has 1 aromatic rings. The lowest BCUT2D eigenvalue weighted by Gasteiger charge is -2.31. The largest absolute Gasteiger partial charge is 0.450 e. The Balaban J connectivity index is 2.13. The van der Waals surface area contributed by atoms with Crippen molar-refractivity contribution in [1.29, 1.82) is 0 Å². The molecule has 25 heavy (non-hydrogen) atoms. The van der Waals surface area contributed by atoms with Crippen LogP contribution in [0, 0.1) is 13.8 Å². The SMILES string of the molecule is CCOC(=O)N1CCC(NS(=O)(=O)c2c(C)c(Cl)cc(C)c2Cl)CC1. The number of halogens is 2. The number of rotatable bonds is 4. The van der Waals surface area contributed by atoms with Gasteiger partial charge in [0.25, 0.3) is 0 Å². The lowest BCUT2D eigenvalue weighted by molar-refractivity contribution is 0.0966. The van der Waals surface area contributed by atoms with Gasteiger partial charge in [0, 0.05) is 24.2 Å². The predicted molar refractivity (Wildman–Crippen MR) is 97.9 cm³/mol. The van der Waals surface area contributed by atoms with E-state index in [-0.39, 0.29) is 22.1 Å². The summed E-state index contributed by atoms with van der Waals surface area (Å²) in [6.07, 6.45) is 0.649. The molecule has 1 aliphatic rings. The van der Waals surface area contributed by atoms with Crippen LogP contribution in [-0.2, 0) is 14.8 Å². The van der Waals surface area contributed by atoms with Crippen LogP contribution in [-0.4, -0.2) is 45.1 Å². The lowest BCUT2D eigenvalue weighted by Crippen LogP contribution is -2.46. The second kappa shape index (κ2) is 8.12. The van der Waals surface area contributed by atoms with E-state index < -0.39 is 10.0 Å². The van der Waals surface area contributed by atoms with Gasteiger partial charge < -0.3 is 9.64 Å². The van der Waals surface area contributed by atoms with Crippen LogP contribution < -0.4 is 4.72 Å². The zero-order chi connectivity index (χ0) is 18.8. The number of hydrogen-bond donors (Lipinski definition) is 1. The number of ether oxygens (including phenoxy) is 1. The van der Waals surface area contributed by atoms with Crippen LogP contribution in [0.15, 0.2) is 11.0 Å². The number of amides is 1. The normalized spacial score (nSPS) is 16.1. The van der Waals surface area contributed by atoms with Gasteiger partial charge in [-0.3, -0.25) is 0 Å². The molecule has 1 aromatic carbocycles. The Morgan fingerprint density at radius 1 is 1.32 bits per heavy atom. The second-order valence-corrected chi connectivity index (χ2v) is 8.46. The van der Waals surface area contributed by atoms with Crippen LogP contribution >= 0.6 is 23.2 Å². The van der Waals surface area contributed by atoms with Gasteiger partial charge in [-0.1, -0.05) is 23.2 Å². The highest BCUT2D eigenvalue weighted by Crippen LogP contribution is 2.33. The summed E-state index contributed by atoms with van der Waals surface area (Å²) in [5.41, 5.74) is 1.03. The fraction of sp³-hybridized carbons (Fsp3) is 0.562. The van der Waals surface area contributed by atoms with Crippen LogP contribution in [0.4, 0.5) is 4.79 Å². The molecule has 1 aliphatic heterocycles. The Morgan fingerprint density at radius 2 is 1.92 bits per heavy atom. The van der Waals surface area contributed by atoms with Gasteiger partial charge in [-0.05, 0) is 50.8 Å². The van der Waals surface area contributed by atoms with E-state index in [0.29, 0.717) is 48.7 Å². The molecule has 1 saturated heterocycles. The first-order chi connectivity index (χ1) is 11.7. The maximum absolute atomic E-state index is 12.8. The van der Waals surface area contributed by atoms with Gasteiger partial charge in [0.1, 0.15) is 4.90 Å². The minimum atomic E-state index is -3.82. The average molecular weight is 409 g/mol. The van der Waals surface area contributed by atoms with Crippen molar-refractivity contribution in [2.45, 2.75) is 44.6 Å². The van der Waals surface area contributed by atoms with E-state index in [1.807, 2.05) is 0 Å². The Bertz CT molecular complexity index is 734. The molecule has 0 unspecified atom stereocenters. The Labute approximate surface area is 158 Å². The maximum Gasteiger partial charge on any atom is 0.409 e. The lowest BCUT2D eigenvalue weighted by atomic mass is 10.1. The van der Waals surface area contributed by atoms with Crippen molar-refractivity contribution < 1.29 is 17.9 Å². The highest BCUT2D eigenvalue weighted by atomic mass is 35.5. The molecule has 6 nitrogen and oxygen atoms in total. The molecule has 0 saturated carbocycles. The molecule has 0 aromatic heterocycles. The van der Waals surface area contributed by atoms with Crippen LogP contribution in [0.5, 0.6) is 0 Å². The topological polar surface area (TPSA) is 75.7 Å². The van der Waals surface area contributed by atoms with Crippen LogP contribution in [0.3, 0.4) is 0 Å². The van der Waals surface area contributed by atoms with E-state index >= 15 is 0 Å². The fourth-order valence-electron chi connectivity index (χ4n) is 2.81. The van der Waals surface area contributed by atoms with Crippen molar-refractivity contribution in [3.05, 3.63) is 27.2 Å². The van der Waals surface area contributed by atoms with E-state index in [1.165, 1.54) is 0 Å². The minimum Gasteiger partial charge on any atom is -0.450 e. The van der Waals surface area contributed by atoms with Crippen molar-refractivity contribution in [2.24, 2.45) is 0 Å². The third-order valence-corrected chi connectivity index (χ3v) is 6.88. The van der Waals surface area contributed by atoms with Crippen molar-refractivity contribution in [1.82, 2.24) is 9.62 Å². The molecule has 0 radical (unpaired) electrons. The number of piperidine rings is 1. The predicted octanol–water partition coefficient (Wildman–Crippen LogP) is 3.51. The summed E-state index contributed by atoms with van der Waals surface area (Å²) in [7, 11) is -3.82. The summed E-state index contributed by atoms with van der Waals surface area (Å²) in [6, 6.07) is 1.38. The molecule has 0 spiro atoms. The average Bonchev–Trinajstić information content (AvgIpc) is 2.53. The smallest absolute Gasteiger partial charge is 0.409 e. The van der Waals surface area contributed by atoms with Crippen molar-refractivity contribution in [3.63, 3.8) is 0 Å². The second-order valence-electron chi connectivity index (χ2n) is 6.02. The molecule has 1 N–H and O–H groups in total. The summed E-state index contributed by atoms with van der Waals surface area (Å²) in [5, 5.41) is 0.540. The van der Waals surface area contributed by atoms with Crippen LogP contribution in [0.2, 0.25) is 10.0 Å². The third-order valence-electron chi connectivity index (χ3n) is 4.20. The number of sulfonamides is 1. The summed E-state index contributed by atoms with van der Waals surface area (Å²) in [4.78, 5) is 13.3. The van der Waals surface area contributed by atoms with Gasteiger partial charge >= 0.3 is 6.09 Å². The molecule has 9 heteroatoms. The summed E-state index contributed by atoms with van der Waals surface area (Å²) in [5.74, 6) is 0. The van der Waals surface area contributed by atoms with Gasteiger partial charge in [0.2, 0.25) is 10.0 Å². The summed E-state index contributed by atoms with van der Waals surface area (Å²) >= 11 is 12.3. The molecule has 1 fully saturated rings. The molecule has 0 atom stereocenters. The molecule has 1 heterocycles. The number of nitrogens with one attached hydrogen (secondary N) is 1. The van der Waals surface area contributed by atoms with E-state index in [9.17, 15) is 13.2 Å². The maximum atomic E-state index is 12.8. The van der Waals surface area contributed by atoms with Crippen molar-refractivity contribution in [2.75, 3.05) is 19.7 Å². The quantitative estimate of drug-likeness (QED) is 0.826. The fourth-order valence-corrected chi connectivity index (χ4v) is 5.32. The molecular weight excluding hydrogens is 387 g/mol. The van der Waals surface area contributed by atoms with E-state index in [0.717, 1.165) is 0 Å². The number of carbonyl (C=O) groups excluding carboxylic acids is 1. The molecular formula is C16H22Cl2N2O4S. The molecule has 1 amide bonds. The third kappa shape index (κ3) is 4.58. The highest BCUT2D eigenvalue weighted by molar-refractivity contribution is 7.89. The number of hydrogen-bond acceptors (Lipinski definition) is 4. The van der Waals surface area contributed by atoms with Crippen molar-refractivity contribution >= 4 is 39.3 Å². The first kappa shape index (κ1) is 20.3. The van der Waals surface area contributed by atoms with Gasteiger partial charge in [0.15, 0.2) is 0 Å². The van der Waals surface area contributed by atoms with Gasteiger partial charge in [-0.2, -0.15) is 0 Å². The number of benzene rings is 1. The molecule has 0 bridgehead atoms. The monoisotopic (exact) mass is 408 g/mol. The number of nitrogens with zero attached hydrogens (tertiary/aromatic N) is 1. The molecule has 0 aliphatic carbocycles. The number of carbonyl (C=O) groups is 1. The molecule has 140 valence electrons. The van der Waals surface area contributed by atoms with E-state index in [1.54, 1.807) is 31.7 Å². The first-order valence-corrected chi connectivity index (χ1v) is 10.3. The molecule has 2 rings (SSSR count). The van der Waals surface area contributed by atoms with Gasteiger partial charge in [-0.25, -0.2) is 17.9 Å². The number of likely N-dealkylation sites (tertiary alicyclic amines) is 1. The van der Waals surface area contributed by atoms with Crippen LogP contribution in [0.25, 0.3) is 0 Å². The number of aryl methyl sites for hydroxylation is 1. The minimum absolute atomic E-state index is 0.0204. The summed E-state index contributed by atoms with van der Waals surface area (Å²) in [6.45, 7) is 6.28. The first-order valence-electron chi connectivity index (χ1n) is 8.06. The van der Waals surface area contributed by atoms with Gasteiger partial charge in [-0.15, -0.1) is 0 Å². The summed E-state index contributed by atoms with van der Waals surface area (Å²) < 4.78 is 33.3. The zero-order valence-corrected chi connectivity index (χ0v) is 16.8. The van der Waals surface area contributed by atoms with E-state index in [2.05, 4.69) is 4.72 Å².